The number of nitrogens with two attached hydrogens (primary N) is 1. The van der Waals surface area contributed by atoms with Crippen molar-refractivity contribution in [2.75, 3.05) is 6.54 Å². The molecule has 0 spiro atoms. The third kappa shape index (κ3) is 2.17. The standard InChI is InChI=1S/C14H14ClN3O/c15-11-4-6-17-12-2-1-8(7-10(11)12)13(16)9-3-5-18-14(9)19/h1-2,4,6-7,9,13H,3,5,16H2,(H,18,19). The number of rotatable bonds is 2. The van der Waals surface area contributed by atoms with Gasteiger partial charge in [0, 0.05) is 24.2 Å². The van der Waals surface area contributed by atoms with Crippen LogP contribution in [0.25, 0.3) is 10.9 Å². The van der Waals surface area contributed by atoms with Crippen LogP contribution in [0.4, 0.5) is 0 Å². The minimum Gasteiger partial charge on any atom is -0.356 e. The molecule has 3 N–H and O–H groups in total. The lowest BCUT2D eigenvalue weighted by Gasteiger charge is -2.17. The number of halogens is 1. The average molecular weight is 276 g/mol. The van der Waals surface area contributed by atoms with Crippen LogP contribution in [0.3, 0.4) is 0 Å². The lowest BCUT2D eigenvalue weighted by atomic mass is 9.92. The molecule has 3 rings (SSSR count). The normalized spacial score (nSPS) is 20.5. The molecule has 0 radical (unpaired) electrons. The summed E-state index contributed by atoms with van der Waals surface area (Å²) in [4.78, 5) is 15.9. The molecule has 19 heavy (non-hydrogen) atoms. The zero-order chi connectivity index (χ0) is 13.4. The van der Waals surface area contributed by atoms with Crippen molar-refractivity contribution in [1.29, 1.82) is 0 Å². The molecule has 1 aliphatic heterocycles. The Bertz CT molecular complexity index is 644. The van der Waals surface area contributed by atoms with Gasteiger partial charge in [0.05, 0.1) is 16.5 Å². The summed E-state index contributed by atoms with van der Waals surface area (Å²) in [6.07, 6.45) is 2.45. The first-order valence-electron chi connectivity index (χ1n) is 6.24. The highest BCUT2D eigenvalue weighted by Crippen LogP contribution is 2.29. The van der Waals surface area contributed by atoms with E-state index in [2.05, 4.69) is 10.3 Å². The molecule has 1 fully saturated rings. The van der Waals surface area contributed by atoms with Gasteiger partial charge in [-0.2, -0.15) is 0 Å². The van der Waals surface area contributed by atoms with E-state index in [4.69, 9.17) is 17.3 Å². The molecule has 98 valence electrons. The second-order valence-electron chi connectivity index (χ2n) is 4.78. The third-order valence-corrected chi connectivity index (χ3v) is 3.95. The van der Waals surface area contributed by atoms with Gasteiger partial charge in [0.1, 0.15) is 0 Å². The van der Waals surface area contributed by atoms with Crippen molar-refractivity contribution in [3.05, 3.63) is 41.0 Å². The highest BCUT2D eigenvalue weighted by Gasteiger charge is 2.30. The number of amides is 1. The predicted octanol–water partition coefficient (Wildman–Crippen LogP) is 2.02. The molecule has 0 bridgehead atoms. The summed E-state index contributed by atoms with van der Waals surface area (Å²) in [6, 6.07) is 7.19. The molecule has 0 saturated carbocycles. The van der Waals surface area contributed by atoms with Crippen molar-refractivity contribution in [3.8, 4) is 0 Å². The number of carbonyl (C=O) groups excluding carboxylic acids is 1. The van der Waals surface area contributed by atoms with Gasteiger partial charge in [-0.25, -0.2) is 0 Å². The Morgan fingerprint density at radius 3 is 3.00 bits per heavy atom. The van der Waals surface area contributed by atoms with Gasteiger partial charge in [0.15, 0.2) is 0 Å². The summed E-state index contributed by atoms with van der Waals surface area (Å²) < 4.78 is 0. The van der Waals surface area contributed by atoms with Crippen molar-refractivity contribution >= 4 is 28.4 Å². The van der Waals surface area contributed by atoms with Crippen molar-refractivity contribution in [1.82, 2.24) is 10.3 Å². The van der Waals surface area contributed by atoms with Crippen LogP contribution < -0.4 is 11.1 Å². The van der Waals surface area contributed by atoms with Gasteiger partial charge in [-0.3, -0.25) is 9.78 Å². The van der Waals surface area contributed by atoms with Gasteiger partial charge in [0.2, 0.25) is 5.91 Å². The second-order valence-corrected chi connectivity index (χ2v) is 5.19. The fourth-order valence-electron chi connectivity index (χ4n) is 2.53. The maximum Gasteiger partial charge on any atom is 0.225 e. The van der Waals surface area contributed by atoms with E-state index in [-0.39, 0.29) is 17.9 Å². The summed E-state index contributed by atoms with van der Waals surface area (Å²) in [5.74, 6) is -0.127. The number of hydrogen-bond donors (Lipinski definition) is 2. The van der Waals surface area contributed by atoms with Crippen molar-refractivity contribution in [2.45, 2.75) is 12.5 Å². The number of nitrogens with one attached hydrogen (secondary N) is 1. The van der Waals surface area contributed by atoms with Crippen molar-refractivity contribution in [3.63, 3.8) is 0 Å². The number of nitrogens with zero attached hydrogens (tertiary/aromatic N) is 1. The fraction of sp³-hybridized carbons (Fsp3) is 0.286. The summed E-state index contributed by atoms with van der Waals surface area (Å²) >= 11 is 6.16. The molecule has 2 aromatic rings. The van der Waals surface area contributed by atoms with Crippen LogP contribution in [0, 0.1) is 5.92 Å². The monoisotopic (exact) mass is 275 g/mol. The number of benzene rings is 1. The zero-order valence-corrected chi connectivity index (χ0v) is 11.0. The number of fused-ring (bicyclic) bond motifs is 1. The third-order valence-electron chi connectivity index (χ3n) is 3.62. The van der Waals surface area contributed by atoms with Crippen LogP contribution >= 0.6 is 11.6 Å². The first-order chi connectivity index (χ1) is 9.16. The topological polar surface area (TPSA) is 68.0 Å². The molecular formula is C14H14ClN3O. The van der Waals surface area contributed by atoms with Gasteiger partial charge >= 0.3 is 0 Å². The quantitative estimate of drug-likeness (QED) is 0.881. The van der Waals surface area contributed by atoms with Crippen molar-refractivity contribution < 1.29 is 4.79 Å². The molecule has 1 aromatic carbocycles. The molecular weight excluding hydrogens is 262 g/mol. The highest BCUT2D eigenvalue weighted by atomic mass is 35.5. The van der Waals surface area contributed by atoms with E-state index in [0.717, 1.165) is 22.9 Å². The molecule has 4 nitrogen and oxygen atoms in total. The second kappa shape index (κ2) is 4.79. The molecule has 1 aromatic heterocycles. The summed E-state index contributed by atoms with van der Waals surface area (Å²) in [5, 5.41) is 4.33. The largest absolute Gasteiger partial charge is 0.356 e. The van der Waals surface area contributed by atoms with Crippen LogP contribution in [0.2, 0.25) is 5.02 Å². The van der Waals surface area contributed by atoms with E-state index >= 15 is 0 Å². The van der Waals surface area contributed by atoms with Crippen LogP contribution in [0.1, 0.15) is 18.0 Å². The fourth-order valence-corrected chi connectivity index (χ4v) is 2.73. The van der Waals surface area contributed by atoms with E-state index in [1.807, 2.05) is 18.2 Å². The lowest BCUT2D eigenvalue weighted by Crippen LogP contribution is -2.28. The molecule has 2 atom stereocenters. The highest BCUT2D eigenvalue weighted by molar-refractivity contribution is 6.35. The summed E-state index contributed by atoms with van der Waals surface area (Å²) in [7, 11) is 0. The number of carbonyl (C=O) groups is 1. The van der Waals surface area contributed by atoms with Crippen molar-refractivity contribution in [2.24, 2.45) is 11.7 Å². The van der Waals surface area contributed by atoms with Crippen LogP contribution in [-0.2, 0) is 4.79 Å². The maximum atomic E-state index is 11.7. The van der Waals surface area contributed by atoms with Gasteiger partial charge in [0.25, 0.3) is 0 Å². The van der Waals surface area contributed by atoms with E-state index in [1.165, 1.54) is 0 Å². The zero-order valence-electron chi connectivity index (χ0n) is 10.3. The SMILES string of the molecule is NC(c1ccc2nccc(Cl)c2c1)C1CCNC1=O. The Balaban J connectivity index is 2.01. The predicted molar refractivity (Wildman–Crippen MR) is 74.8 cm³/mol. The first-order valence-corrected chi connectivity index (χ1v) is 6.62. The van der Waals surface area contributed by atoms with E-state index in [9.17, 15) is 4.79 Å². The molecule has 1 aliphatic rings. The number of aromatic nitrogens is 1. The van der Waals surface area contributed by atoms with Gasteiger partial charge in [-0.1, -0.05) is 17.7 Å². The first kappa shape index (κ1) is 12.4. The maximum absolute atomic E-state index is 11.7. The number of pyridine rings is 1. The minimum atomic E-state index is -0.303. The van der Waals surface area contributed by atoms with Crippen LogP contribution in [0.15, 0.2) is 30.5 Å². The van der Waals surface area contributed by atoms with Crippen LogP contribution in [0.5, 0.6) is 0 Å². The summed E-state index contributed by atoms with van der Waals surface area (Å²) in [5.41, 5.74) is 7.96. The Labute approximate surface area is 116 Å². The number of hydrogen-bond acceptors (Lipinski definition) is 3. The molecule has 5 heteroatoms. The van der Waals surface area contributed by atoms with Crippen LogP contribution in [-0.4, -0.2) is 17.4 Å². The Morgan fingerprint density at radius 1 is 1.42 bits per heavy atom. The van der Waals surface area contributed by atoms with Gasteiger partial charge in [-0.05, 0) is 30.2 Å². The molecule has 1 amide bonds. The molecule has 0 aliphatic carbocycles. The Hall–Kier alpha value is -1.65. The average Bonchev–Trinajstić information content (AvgIpc) is 2.84. The van der Waals surface area contributed by atoms with Gasteiger partial charge in [-0.15, -0.1) is 0 Å². The molecule has 2 heterocycles. The molecule has 1 saturated heterocycles. The lowest BCUT2D eigenvalue weighted by molar-refractivity contribution is -0.123. The Morgan fingerprint density at radius 2 is 2.26 bits per heavy atom. The van der Waals surface area contributed by atoms with E-state index < -0.39 is 0 Å². The van der Waals surface area contributed by atoms with Gasteiger partial charge < -0.3 is 11.1 Å². The summed E-state index contributed by atoms with van der Waals surface area (Å²) in [6.45, 7) is 0.701. The smallest absolute Gasteiger partial charge is 0.225 e. The van der Waals surface area contributed by atoms with E-state index in [0.29, 0.717) is 11.6 Å². The van der Waals surface area contributed by atoms with E-state index in [1.54, 1.807) is 12.3 Å². The minimum absolute atomic E-state index is 0.0323. The molecule has 2 unspecified atom stereocenters. The Kier molecular flexibility index (Phi) is 3.12.